The minimum atomic E-state index is -0.372. The Balaban J connectivity index is 1.82. The van der Waals surface area contributed by atoms with Gasteiger partial charge in [0.25, 0.3) is 5.91 Å². The highest BCUT2D eigenvalue weighted by molar-refractivity contribution is 7.16. The van der Waals surface area contributed by atoms with E-state index in [-0.39, 0.29) is 11.8 Å². The zero-order valence-electron chi connectivity index (χ0n) is 16.0. The smallest absolute Gasteiger partial charge is 0.263 e. The van der Waals surface area contributed by atoms with Crippen molar-refractivity contribution in [2.24, 2.45) is 0 Å². The van der Waals surface area contributed by atoms with Crippen LogP contribution in [0.25, 0.3) is 10.6 Å². The number of aromatic nitrogens is 1. The molecule has 152 valence electrons. The van der Waals surface area contributed by atoms with Crippen LogP contribution in [0.15, 0.2) is 24.4 Å². The van der Waals surface area contributed by atoms with Crippen molar-refractivity contribution in [1.82, 2.24) is 15.8 Å². The average Bonchev–Trinajstić information content (AvgIpc) is 3.22. The molecule has 3 N–H and O–H groups in total. The summed E-state index contributed by atoms with van der Waals surface area (Å²) in [6.07, 6.45) is 5.17. The molecule has 28 heavy (non-hydrogen) atoms. The second-order valence-corrected chi connectivity index (χ2v) is 7.12. The third-order valence-corrected chi connectivity index (χ3v) is 5.11. The van der Waals surface area contributed by atoms with E-state index in [4.69, 9.17) is 14.7 Å². The van der Waals surface area contributed by atoms with Crippen LogP contribution in [-0.2, 0) is 4.79 Å². The second kappa shape index (κ2) is 11.3. The summed E-state index contributed by atoms with van der Waals surface area (Å²) >= 11 is 1.31. The zero-order chi connectivity index (χ0) is 20.4. The maximum atomic E-state index is 12.3. The first kappa shape index (κ1) is 21.6. The molecule has 0 fully saturated rings. The van der Waals surface area contributed by atoms with Crippen LogP contribution in [0.1, 0.15) is 41.8 Å². The number of rotatable bonds is 11. The van der Waals surface area contributed by atoms with Gasteiger partial charge < -0.3 is 14.8 Å². The first-order valence-corrected chi connectivity index (χ1v) is 9.79. The van der Waals surface area contributed by atoms with Gasteiger partial charge in [-0.3, -0.25) is 14.8 Å². The van der Waals surface area contributed by atoms with Crippen LogP contribution >= 0.6 is 11.3 Å². The number of methoxy groups -OCH3 is 2. The van der Waals surface area contributed by atoms with E-state index in [2.05, 4.69) is 10.3 Å². The molecule has 8 nitrogen and oxygen atoms in total. The Morgan fingerprint density at radius 1 is 1.07 bits per heavy atom. The number of nitrogens with zero attached hydrogens (tertiary/aromatic N) is 1. The molecule has 0 aliphatic carbocycles. The fourth-order valence-corrected chi connectivity index (χ4v) is 3.37. The van der Waals surface area contributed by atoms with Gasteiger partial charge >= 0.3 is 0 Å². The molecule has 2 amide bonds. The molecule has 0 atom stereocenters. The molecule has 0 aliphatic heterocycles. The third kappa shape index (κ3) is 6.50. The van der Waals surface area contributed by atoms with Crippen LogP contribution in [0.2, 0.25) is 0 Å². The zero-order valence-corrected chi connectivity index (χ0v) is 16.8. The fraction of sp³-hybridized carbons (Fsp3) is 0.421. The number of benzene rings is 1. The van der Waals surface area contributed by atoms with E-state index < -0.39 is 0 Å². The van der Waals surface area contributed by atoms with Crippen molar-refractivity contribution < 1.29 is 24.3 Å². The number of hydrogen-bond donors (Lipinski definition) is 3. The molecule has 0 saturated heterocycles. The minimum Gasteiger partial charge on any atom is -0.497 e. The summed E-state index contributed by atoms with van der Waals surface area (Å²) in [5.41, 5.74) is 2.44. The molecule has 2 aromatic rings. The van der Waals surface area contributed by atoms with E-state index in [1.54, 1.807) is 32.0 Å². The van der Waals surface area contributed by atoms with Crippen molar-refractivity contribution in [3.8, 4) is 22.1 Å². The molecule has 0 saturated carbocycles. The number of unbranched alkanes of at least 4 members (excludes halogenated alkanes) is 3. The molecular weight excluding hydrogens is 382 g/mol. The maximum Gasteiger partial charge on any atom is 0.263 e. The highest BCUT2D eigenvalue weighted by Crippen LogP contribution is 2.32. The predicted molar refractivity (Wildman–Crippen MR) is 106 cm³/mol. The van der Waals surface area contributed by atoms with Crippen molar-refractivity contribution in [1.29, 1.82) is 0 Å². The molecule has 1 aromatic carbocycles. The first-order chi connectivity index (χ1) is 13.6. The number of amides is 2. The molecule has 0 aliphatic rings. The summed E-state index contributed by atoms with van der Waals surface area (Å²) < 4.78 is 10.5. The molecule has 0 bridgehead atoms. The van der Waals surface area contributed by atoms with Gasteiger partial charge in [0.15, 0.2) is 0 Å². The van der Waals surface area contributed by atoms with Gasteiger partial charge in [-0.25, -0.2) is 10.5 Å². The van der Waals surface area contributed by atoms with Crippen LogP contribution in [0, 0.1) is 0 Å². The highest BCUT2D eigenvalue weighted by atomic mass is 32.1. The maximum absolute atomic E-state index is 12.3. The summed E-state index contributed by atoms with van der Waals surface area (Å²) in [5.74, 6) is 0.792. The van der Waals surface area contributed by atoms with Crippen molar-refractivity contribution in [3.05, 3.63) is 29.3 Å². The Morgan fingerprint density at radius 3 is 2.39 bits per heavy atom. The second-order valence-electron chi connectivity index (χ2n) is 6.09. The van der Waals surface area contributed by atoms with Gasteiger partial charge in [-0.1, -0.05) is 12.8 Å². The molecule has 1 aromatic heterocycles. The minimum absolute atomic E-state index is 0.154. The Hall–Kier alpha value is -2.65. The lowest BCUT2D eigenvalue weighted by atomic mass is 10.1. The average molecular weight is 407 g/mol. The molecule has 0 spiro atoms. The van der Waals surface area contributed by atoms with E-state index in [1.807, 2.05) is 12.1 Å². The molecule has 1 heterocycles. The number of hydrogen-bond acceptors (Lipinski definition) is 7. The monoisotopic (exact) mass is 407 g/mol. The van der Waals surface area contributed by atoms with E-state index >= 15 is 0 Å². The van der Waals surface area contributed by atoms with Crippen molar-refractivity contribution in [2.45, 2.75) is 32.1 Å². The Kier molecular flexibility index (Phi) is 8.70. The standard InChI is InChI=1S/C19H25N3O5S/c1-26-14-9-13(10-15(11-14)27-2)19-21-12-16(28-19)18(24)20-8-6-4-3-5-7-17(23)22-25/h9-12,25H,3-8H2,1-2H3,(H,20,24)(H,22,23). The van der Waals surface area contributed by atoms with Crippen molar-refractivity contribution >= 4 is 23.2 Å². The van der Waals surface area contributed by atoms with Crippen molar-refractivity contribution in [3.63, 3.8) is 0 Å². The van der Waals surface area contributed by atoms with E-state index in [1.165, 1.54) is 11.3 Å². The molecule has 0 radical (unpaired) electrons. The lowest BCUT2D eigenvalue weighted by molar-refractivity contribution is -0.129. The summed E-state index contributed by atoms with van der Waals surface area (Å²) in [4.78, 5) is 28.0. The number of carbonyl (C=O) groups is 2. The number of carbonyl (C=O) groups excluding carboxylic acids is 2. The SMILES string of the molecule is COc1cc(OC)cc(-c2ncc(C(=O)NCCCCCCC(=O)NO)s2)c1. The number of nitrogens with one attached hydrogen (secondary N) is 2. The number of hydroxylamine groups is 1. The van der Waals surface area contributed by atoms with Crippen molar-refractivity contribution in [2.75, 3.05) is 20.8 Å². The van der Waals surface area contributed by atoms with Gasteiger partial charge in [0.2, 0.25) is 5.91 Å². The highest BCUT2D eigenvalue weighted by Gasteiger charge is 2.13. The lowest BCUT2D eigenvalue weighted by Crippen LogP contribution is -2.23. The third-order valence-electron chi connectivity index (χ3n) is 4.07. The van der Waals surface area contributed by atoms with Crippen LogP contribution in [0.4, 0.5) is 0 Å². The van der Waals surface area contributed by atoms with E-state index in [0.29, 0.717) is 40.8 Å². The quantitative estimate of drug-likeness (QED) is 0.300. The Labute approximate surface area is 167 Å². The van der Waals surface area contributed by atoms with Crippen LogP contribution in [-0.4, -0.2) is 42.8 Å². The van der Waals surface area contributed by atoms with E-state index in [9.17, 15) is 9.59 Å². The van der Waals surface area contributed by atoms with E-state index in [0.717, 1.165) is 24.8 Å². The predicted octanol–water partition coefficient (Wildman–Crippen LogP) is 3.01. The van der Waals surface area contributed by atoms with Crippen LogP contribution in [0.5, 0.6) is 11.5 Å². The lowest BCUT2D eigenvalue weighted by Gasteiger charge is -2.06. The van der Waals surface area contributed by atoms with Gasteiger partial charge in [0.1, 0.15) is 21.4 Å². The van der Waals surface area contributed by atoms with Gasteiger partial charge in [0.05, 0.1) is 20.4 Å². The molecule has 9 heteroatoms. The molecular formula is C19H25N3O5S. The van der Waals surface area contributed by atoms with Gasteiger partial charge in [0, 0.05) is 24.6 Å². The summed E-state index contributed by atoms with van der Waals surface area (Å²) in [5, 5.41) is 12.0. The molecule has 0 unspecified atom stereocenters. The number of ether oxygens (including phenoxy) is 2. The fourth-order valence-electron chi connectivity index (χ4n) is 2.55. The van der Waals surface area contributed by atoms with Gasteiger partial charge in [-0.15, -0.1) is 11.3 Å². The topological polar surface area (TPSA) is 110 Å². The normalized spacial score (nSPS) is 10.4. The largest absolute Gasteiger partial charge is 0.497 e. The summed E-state index contributed by atoms with van der Waals surface area (Å²) in [6.45, 7) is 0.561. The van der Waals surface area contributed by atoms with Gasteiger partial charge in [-0.05, 0) is 25.0 Å². The van der Waals surface area contributed by atoms with Crippen LogP contribution in [0.3, 0.4) is 0 Å². The number of thiazole rings is 1. The summed E-state index contributed by atoms with van der Waals surface area (Å²) in [7, 11) is 3.17. The van der Waals surface area contributed by atoms with Gasteiger partial charge in [-0.2, -0.15) is 0 Å². The molecule has 2 rings (SSSR count). The Bertz CT molecular complexity index is 771. The first-order valence-electron chi connectivity index (χ1n) is 8.97. The Morgan fingerprint density at radius 2 is 1.75 bits per heavy atom. The summed E-state index contributed by atoms with van der Waals surface area (Å²) in [6, 6.07) is 5.47. The van der Waals surface area contributed by atoms with Crippen LogP contribution < -0.4 is 20.3 Å².